The van der Waals surface area contributed by atoms with Gasteiger partial charge in [-0.25, -0.2) is 9.78 Å². The minimum Gasteiger partial charge on any atom is -0.497 e. The van der Waals surface area contributed by atoms with E-state index in [1.807, 2.05) is 71.4 Å². The van der Waals surface area contributed by atoms with E-state index in [0.29, 0.717) is 41.1 Å². The summed E-state index contributed by atoms with van der Waals surface area (Å²) in [4.78, 5) is 21.2. The lowest BCUT2D eigenvalue weighted by molar-refractivity contribution is 0.262. The largest absolute Gasteiger partial charge is 0.497 e. The molecule has 2 amide bonds. The molecule has 0 radical (unpaired) electrons. The summed E-state index contributed by atoms with van der Waals surface area (Å²) in [5.74, 6) is 2.24. The number of hydrogen-bond donors (Lipinski definition) is 2. The van der Waals surface area contributed by atoms with Crippen LogP contribution in [0.25, 0.3) is 23.0 Å². The van der Waals surface area contributed by atoms with Crippen molar-refractivity contribution in [2.75, 3.05) is 24.9 Å². The lowest BCUT2D eigenvalue weighted by Gasteiger charge is -2.09. The third-order valence-corrected chi connectivity index (χ3v) is 5.53. The van der Waals surface area contributed by atoms with Gasteiger partial charge in [0.2, 0.25) is 5.82 Å². The van der Waals surface area contributed by atoms with Crippen LogP contribution < -0.4 is 20.1 Å². The molecule has 2 heterocycles. The second-order valence-electron chi connectivity index (χ2n) is 8.09. The van der Waals surface area contributed by atoms with E-state index in [2.05, 4.69) is 25.8 Å². The Morgan fingerprint density at radius 1 is 0.919 bits per heavy atom. The fourth-order valence-electron chi connectivity index (χ4n) is 3.64. The molecule has 0 aliphatic carbocycles. The van der Waals surface area contributed by atoms with Crippen LogP contribution in [0.15, 0.2) is 89.8 Å². The van der Waals surface area contributed by atoms with E-state index in [1.165, 1.54) is 0 Å². The summed E-state index contributed by atoms with van der Waals surface area (Å²) in [6, 6.07) is 21.8. The molecule has 5 rings (SSSR count). The number of anilines is 2. The van der Waals surface area contributed by atoms with E-state index in [9.17, 15) is 4.79 Å². The van der Waals surface area contributed by atoms with Crippen molar-refractivity contribution in [1.82, 2.24) is 19.7 Å². The molecule has 186 valence electrons. The Balaban J connectivity index is 1.18. The van der Waals surface area contributed by atoms with E-state index in [0.717, 1.165) is 16.9 Å². The van der Waals surface area contributed by atoms with E-state index < -0.39 is 0 Å². The molecule has 0 aliphatic heterocycles. The lowest BCUT2D eigenvalue weighted by Crippen LogP contribution is -2.19. The Morgan fingerprint density at radius 3 is 2.43 bits per heavy atom. The monoisotopic (exact) mass is 496 g/mol. The summed E-state index contributed by atoms with van der Waals surface area (Å²) < 4.78 is 17.7. The minimum absolute atomic E-state index is 0.339. The Hall–Kier alpha value is -5.12. The molecule has 0 saturated carbocycles. The summed E-state index contributed by atoms with van der Waals surface area (Å²) in [6.45, 7) is 0.586. The molecule has 10 nitrogen and oxygen atoms in total. The number of urea groups is 1. The highest BCUT2D eigenvalue weighted by Gasteiger charge is 2.13. The highest BCUT2D eigenvalue weighted by molar-refractivity contribution is 5.99. The highest BCUT2D eigenvalue weighted by atomic mass is 16.5. The van der Waals surface area contributed by atoms with Crippen LogP contribution in [0.4, 0.5) is 16.2 Å². The number of carbonyl (C=O) groups is 1. The molecule has 10 heteroatoms. The van der Waals surface area contributed by atoms with Crippen molar-refractivity contribution >= 4 is 17.4 Å². The number of imidazole rings is 1. The van der Waals surface area contributed by atoms with Gasteiger partial charge in [0.25, 0.3) is 5.89 Å². The number of hydrogen-bond acceptors (Lipinski definition) is 7. The van der Waals surface area contributed by atoms with Crippen molar-refractivity contribution in [1.29, 1.82) is 0 Å². The molecule has 0 bridgehead atoms. The Labute approximate surface area is 212 Å². The number of nitrogens with zero attached hydrogens (tertiary/aromatic N) is 4. The zero-order valence-corrected chi connectivity index (χ0v) is 20.2. The minimum atomic E-state index is -0.339. The maximum atomic E-state index is 12.3. The average Bonchev–Trinajstić information content (AvgIpc) is 3.60. The zero-order chi connectivity index (χ0) is 25.6. The van der Waals surface area contributed by atoms with Crippen LogP contribution in [0.5, 0.6) is 11.5 Å². The van der Waals surface area contributed by atoms with Gasteiger partial charge in [0.1, 0.15) is 17.2 Å². The number of amides is 2. The van der Waals surface area contributed by atoms with Gasteiger partial charge in [-0.05, 0) is 54.1 Å². The first-order valence-corrected chi connectivity index (χ1v) is 11.4. The Morgan fingerprint density at radius 2 is 1.68 bits per heavy atom. The van der Waals surface area contributed by atoms with Gasteiger partial charge in [0.05, 0.1) is 20.5 Å². The van der Waals surface area contributed by atoms with E-state index in [1.54, 1.807) is 32.7 Å². The maximum Gasteiger partial charge on any atom is 0.323 e. The first kappa shape index (κ1) is 23.6. The molecule has 5 aromatic rings. The molecular weight excluding hydrogens is 472 g/mol. The fraction of sp³-hybridized carbons (Fsp3) is 0.111. The van der Waals surface area contributed by atoms with E-state index in [4.69, 9.17) is 14.0 Å². The van der Waals surface area contributed by atoms with Crippen molar-refractivity contribution in [3.8, 4) is 34.5 Å². The standard InChI is InChI=1S/C27H24N6O4/c1-35-22-12-8-19(9-13-22)25-31-26(37-32-25)24-16-33(17-28-24)15-18-6-10-20(11-7-18)29-27(34)30-21-4-3-5-23(14-21)36-2/h3-14,16-17H,15H2,1-2H3,(H2,29,30,34). The first-order chi connectivity index (χ1) is 18.1. The van der Waals surface area contributed by atoms with Gasteiger partial charge in [-0.3, -0.25) is 0 Å². The predicted molar refractivity (Wildman–Crippen MR) is 139 cm³/mol. The molecule has 0 aliphatic rings. The third-order valence-electron chi connectivity index (χ3n) is 5.53. The van der Waals surface area contributed by atoms with Gasteiger partial charge in [0.15, 0.2) is 0 Å². The van der Waals surface area contributed by atoms with E-state index in [-0.39, 0.29) is 6.03 Å². The molecular formula is C27H24N6O4. The van der Waals surface area contributed by atoms with E-state index >= 15 is 0 Å². The maximum absolute atomic E-state index is 12.3. The number of ether oxygens (including phenoxy) is 2. The quantitative estimate of drug-likeness (QED) is 0.299. The van der Waals surface area contributed by atoms with Crippen LogP contribution in [-0.2, 0) is 6.54 Å². The van der Waals surface area contributed by atoms with Gasteiger partial charge in [-0.2, -0.15) is 4.98 Å². The Bertz CT molecular complexity index is 1490. The van der Waals surface area contributed by atoms with Crippen LogP contribution in [0, 0.1) is 0 Å². The fourth-order valence-corrected chi connectivity index (χ4v) is 3.64. The number of aromatic nitrogens is 4. The lowest BCUT2D eigenvalue weighted by atomic mass is 10.2. The topological polar surface area (TPSA) is 116 Å². The number of carbonyl (C=O) groups excluding carboxylic acids is 1. The SMILES string of the molecule is COc1ccc(-c2noc(-c3cn(Cc4ccc(NC(=O)Nc5cccc(OC)c5)cc4)cn3)n2)cc1. The van der Waals surface area contributed by atoms with Crippen molar-refractivity contribution < 1.29 is 18.8 Å². The zero-order valence-electron chi connectivity index (χ0n) is 20.2. The van der Waals surface area contributed by atoms with Crippen molar-refractivity contribution in [2.24, 2.45) is 0 Å². The molecule has 0 saturated heterocycles. The van der Waals surface area contributed by atoms with Crippen molar-refractivity contribution in [2.45, 2.75) is 6.54 Å². The molecule has 0 fully saturated rings. The molecule has 37 heavy (non-hydrogen) atoms. The predicted octanol–water partition coefficient (Wildman–Crippen LogP) is 5.31. The second-order valence-corrected chi connectivity index (χ2v) is 8.09. The summed E-state index contributed by atoms with van der Waals surface area (Å²) in [5, 5.41) is 9.67. The van der Waals surface area contributed by atoms with Gasteiger partial charge < -0.3 is 29.2 Å². The van der Waals surface area contributed by atoms with Crippen LogP contribution in [-0.4, -0.2) is 39.9 Å². The van der Waals surface area contributed by atoms with Gasteiger partial charge in [0, 0.05) is 35.7 Å². The smallest absolute Gasteiger partial charge is 0.323 e. The number of methoxy groups -OCH3 is 2. The molecule has 2 aromatic heterocycles. The summed E-state index contributed by atoms with van der Waals surface area (Å²) in [6.07, 6.45) is 3.55. The molecule has 2 N–H and O–H groups in total. The molecule has 3 aromatic carbocycles. The Kier molecular flexibility index (Phi) is 6.80. The summed E-state index contributed by atoms with van der Waals surface area (Å²) in [5.41, 5.74) is 3.75. The number of nitrogens with one attached hydrogen (secondary N) is 2. The number of benzene rings is 3. The van der Waals surface area contributed by atoms with Crippen molar-refractivity contribution in [3.63, 3.8) is 0 Å². The number of rotatable bonds is 8. The van der Waals surface area contributed by atoms with Gasteiger partial charge >= 0.3 is 6.03 Å². The molecule has 0 spiro atoms. The average molecular weight is 497 g/mol. The van der Waals surface area contributed by atoms with Gasteiger partial charge in [-0.15, -0.1) is 0 Å². The normalized spacial score (nSPS) is 10.6. The second kappa shape index (κ2) is 10.6. The highest BCUT2D eigenvalue weighted by Crippen LogP contribution is 2.23. The van der Waals surface area contributed by atoms with Crippen LogP contribution in [0.3, 0.4) is 0 Å². The molecule has 0 atom stereocenters. The van der Waals surface area contributed by atoms with Crippen LogP contribution >= 0.6 is 0 Å². The third kappa shape index (κ3) is 5.76. The first-order valence-electron chi connectivity index (χ1n) is 11.4. The van der Waals surface area contributed by atoms with Crippen molar-refractivity contribution in [3.05, 3.63) is 90.9 Å². The van der Waals surface area contributed by atoms with Crippen LogP contribution in [0.2, 0.25) is 0 Å². The summed E-state index contributed by atoms with van der Waals surface area (Å²) in [7, 11) is 3.20. The van der Waals surface area contributed by atoms with Crippen LogP contribution in [0.1, 0.15) is 5.56 Å². The van der Waals surface area contributed by atoms with Gasteiger partial charge in [-0.1, -0.05) is 23.4 Å². The summed E-state index contributed by atoms with van der Waals surface area (Å²) >= 11 is 0. The molecule has 0 unspecified atom stereocenters.